The maximum absolute atomic E-state index is 12.4. The molecule has 0 bridgehead atoms. The molecule has 0 aromatic carbocycles. The molecule has 0 amide bonds. The van der Waals surface area contributed by atoms with Gasteiger partial charge in [0.05, 0.1) is 6.61 Å². The summed E-state index contributed by atoms with van der Waals surface area (Å²) in [7, 11) is -3.70. The van der Waals surface area contributed by atoms with E-state index in [4.69, 9.17) is 4.42 Å². The number of hydrogen-bond acceptors (Lipinski definition) is 5. The average molecular weight is 315 g/mol. The van der Waals surface area contributed by atoms with Gasteiger partial charge in [-0.1, -0.05) is 0 Å². The van der Waals surface area contributed by atoms with Crippen molar-refractivity contribution in [3.8, 4) is 0 Å². The minimum Gasteiger partial charge on any atom is -0.465 e. The van der Waals surface area contributed by atoms with Crippen LogP contribution in [0.3, 0.4) is 0 Å². The molecule has 0 radical (unpaired) electrons. The van der Waals surface area contributed by atoms with Crippen molar-refractivity contribution < 1.29 is 17.9 Å². The van der Waals surface area contributed by atoms with E-state index in [0.29, 0.717) is 17.1 Å². The molecule has 110 valence electrons. The van der Waals surface area contributed by atoms with Crippen LogP contribution in [0.2, 0.25) is 0 Å². The molecule has 0 fully saturated rings. The lowest BCUT2D eigenvalue weighted by molar-refractivity contribution is 0.276. The molecule has 5 nitrogen and oxygen atoms in total. The van der Waals surface area contributed by atoms with Crippen LogP contribution >= 0.6 is 11.3 Å². The number of aliphatic hydroxyl groups excluding tert-OH is 1. The van der Waals surface area contributed by atoms with Gasteiger partial charge in [0.1, 0.15) is 16.4 Å². The van der Waals surface area contributed by atoms with E-state index in [9.17, 15) is 13.5 Å². The topological polar surface area (TPSA) is 79.5 Å². The van der Waals surface area contributed by atoms with Crippen molar-refractivity contribution in [1.29, 1.82) is 0 Å². The maximum atomic E-state index is 12.4. The van der Waals surface area contributed by atoms with Gasteiger partial charge < -0.3 is 9.52 Å². The molecule has 2 aromatic heterocycles. The summed E-state index contributed by atoms with van der Waals surface area (Å²) >= 11 is 1.51. The van der Waals surface area contributed by atoms with E-state index < -0.39 is 10.0 Å². The molecule has 2 rings (SSSR count). The van der Waals surface area contributed by atoms with Crippen molar-refractivity contribution >= 4 is 21.4 Å². The molecule has 0 aliphatic rings. The smallest absolute Gasteiger partial charge is 0.244 e. The molecule has 0 aliphatic heterocycles. The van der Waals surface area contributed by atoms with Gasteiger partial charge in [0, 0.05) is 17.0 Å². The fourth-order valence-electron chi connectivity index (χ4n) is 2.06. The molecule has 20 heavy (non-hydrogen) atoms. The van der Waals surface area contributed by atoms with Gasteiger partial charge in [0.15, 0.2) is 0 Å². The second kappa shape index (κ2) is 5.69. The molecule has 0 aliphatic carbocycles. The van der Waals surface area contributed by atoms with Gasteiger partial charge in [-0.25, -0.2) is 13.1 Å². The van der Waals surface area contributed by atoms with Gasteiger partial charge in [0.2, 0.25) is 10.0 Å². The predicted molar refractivity (Wildman–Crippen MR) is 77.2 cm³/mol. The zero-order chi connectivity index (χ0) is 14.9. The standard InChI is InChI=1S/C13H17NO4S2/c1-8-4-5-19-12(8)6-14-20(16,17)13-10(3)18-9(2)11(13)7-15/h4-5,14-15H,6-7H2,1-3H3. The number of thiophene rings is 1. The molecule has 0 unspecified atom stereocenters. The SMILES string of the molecule is Cc1ccsc1CNS(=O)(=O)c1c(C)oc(C)c1CO. The third kappa shape index (κ3) is 2.80. The molecular formula is C13H17NO4S2. The lowest BCUT2D eigenvalue weighted by Crippen LogP contribution is -2.24. The second-order valence-corrected chi connectivity index (χ2v) is 7.24. The Morgan fingerprint density at radius 1 is 1.30 bits per heavy atom. The van der Waals surface area contributed by atoms with Gasteiger partial charge >= 0.3 is 0 Å². The predicted octanol–water partition coefficient (Wildman–Crippen LogP) is 2.24. The van der Waals surface area contributed by atoms with Gasteiger partial charge in [-0.05, 0) is 37.8 Å². The average Bonchev–Trinajstić information content (AvgIpc) is 2.90. The number of aliphatic hydroxyl groups is 1. The van der Waals surface area contributed by atoms with E-state index in [0.717, 1.165) is 10.4 Å². The van der Waals surface area contributed by atoms with Gasteiger partial charge in [-0.15, -0.1) is 11.3 Å². The van der Waals surface area contributed by atoms with Crippen LogP contribution in [0.25, 0.3) is 0 Å². The first kappa shape index (κ1) is 15.2. The zero-order valence-corrected chi connectivity index (χ0v) is 13.2. The Kier molecular flexibility index (Phi) is 4.33. The molecule has 0 saturated carbocycles. The summed E-state index contributed by atoms with van der Waals surface area (Å²) in [4.78, 5) is 1.02. The molecule has 0 spiro atoms. The van der Waals surface area contributed by atoms with Crippen LogP contribution in [0.5, 0.6) is 0 Å². The Hall–Kier alpha value is -1.15. The molecular weight excluding hydrogens is 298 g/mol. The number of aryl methyl sites for hydroxylation is 3. The highest BCUT2D eigenvalue weighted by Crippen LogP contribution is 2.27. The number of nitrogens with one attached hydrogen (secondary N) is 1. The summed E-state index contributed by atoms with van der Waals surface area (Å²) in [5.74, 6) is 0.722. The monoisotopic (exact) mass is 315 g/mol. The van der Waals surface area contributed by atoms with E-state index in [2.05, 4.69) is 4.72 Å². The van der Waals surface area contributed by atoms with Crippen molar-refractivity contribution in [2.24, 2.45) is 0 Å². The van der Waals surface area contributed by atoms with E-state index in [1.807, 2.05) is 18.4 Å². The van der Waals surface area contributed by atoms with E-state index in [-0.39, 0.29) is 18.0 Å². The lowest BCUT2D eigenvalue weighted by atomic mass is 10.2. The van der Waals surface area contributed by atoms with Crippen LogP contribution in [0.1, 0.15) is 27.5 Å². The summed E-state index contributed by atoms with van der Waals surface area (Å²) in [6.45, 7) is 5.03. The van der Waals surface area contributed by atoms with E-state index >= 15 is 0 Å². The van der Waals surface area contributed by atoms with Crippen LogP contribution in [-0.2, 0) is 23.2 Å². The summed E-state index contributed by atoms with van der Waals surface area (Å²) < 4.78 is 32.6. The Balaban J connectivity index is 2.29. The molecule has 0 saturated heterocycles. The normalized spacial score (nSPS) is 12.0. The highest BCUT2D eigenvalue weighted by Gasteiger charge is 2.26. The second-order valence-electron chi connectivity index (χ2n) is 4.53. The van der Waals surface area contributed by atoms with Crippen molar-refractivity contribution in [2.45, 2.75) is 38.8 Å². The highest BCUT2D eigenvalue weighted by atomic mass is 32.2. The first-order valence-corrected chi connectivity index (χ1v) is 8.45. The van der Waals surface area contributed by atoms with Gasteiger partial charge in [0.25, 0.3) is 0 Å². The van der Waals surface area contributed by atoms with Crippen LogP contribution in [-0.4, -0.2) is 13.5 Å². The zero-order valence-electron chi connectivity index (χ0n) is 11.6. The van der Waals surface area contributed by atoms with Gasteiger partial charge in [-0.2, -0.15) is 0 Å². The Labute approximate surface area is 122 Å². The van der Waals surface area contributed by atoms with Crippen LogP contribution < -0.4 is 4.72 Å². The Morgan fingerprint density at radius 3 is 2.55 bits per heavy atom. The van der Waals surface area contributed by atoms with E-state index in [1.54, 1.807) is 13.8 Å². The summed E-state index contributed by atoms with van der Waals surface area (Å²) in [6, 6.07) is 1.95. The Bertz CT molecular complexity index is 713. The Morgan fingerprint density at radius 2 is 2.00 bits per heavy atom. The van der Waals surface area contributed by atoms with Crippen molar-refractivity contribution in [1.82, 2.24) is 4.72 Å². The van der Waals surface area contributed by atoms with Crippen molar-refractivity contribution in [3.05, 3.63) is 39.0 Å². The van der Waals surface area contributed by atoms with E-state index in [1.165, 1.54) is 11.3 Å². The third-order valence-corrected chi connectivity index (χ3v) is 5.76. The fourth-order valence-corrected chi connectivity index (χ4v) is 4.43. The lowest BCUT2D eigenvalue weighted by Gasteiger charge is -2.07. The summed E-state index contributed by atoms with van der Waals surface area (Å²) in [5, 5.41) is 11.2. The van der Waals surface area contributed by atoms with Gasteiger partial charge in [-0.3, -0.25) is 0 Å². The number of sulfonamides is 1. The van der Waals surface area contributed by atoms with Crippen molar-refractivity contribution in [3.63, 3.8) is 0 Å². The molecule has 2 aromatic rings. The van der Waals surface area contributed by atoms with Crippen LogP contribution in [0.15, 0.2) is 20.8 Å². The number of furan rings is 1. The highest BCUT2D eigenvalue weighted by molar-refractivity contribution is 7.89. The minimum atomic E-state index is -3.70. The van der Waals surface area contributed by atoms with Crippen LogP contribution in [0.4, 0.5) is 0 Å². The number of rotatable bonds is 5. The first-order valence-electron chi connectivity index (χ1n) is 6.09. The first-order chi connectivity index (χ1) is 9.36. The quantitative estimate of drug-likeness (QED) is 0.887. The molecule has 2 N–H and O–H groups in total. The van der Waals surface area contributed by atoms with Crippen molar-refractivity contribution in [2.75, 3.05) is 0 Å². The summed E-state index contributed by atoms with van der Waals surface area (Å²) in [5.41, 5.74) is 1.37. The molecule has 2 heterocycles. The maximum Gasteiger partial charge on any atom is 0.244 e. The minimum absolute atomic E-state index is 0.0479. The number of hydrogen-bond donors (Lipinski definition) is 2. The third-order valence-electron chi connectivity index (χ3n) is 3.14. The largest absolute Gasteiger partial charge is 0.465 e. The van der Waals surface area contributed by atoms with Crippen LogP contribution in [0, 0.1) is 20.8 Å². The fraction of sp³-hybridized carbons (Fsp3) is 0.385. The summed E-state index contributed by atoms with van der Waals surface area (Å²) in [6.07, 6.45) is 0. The molecule has 7 heteroatoms. The molecule has 0 atom stereocenters.